The summed E-state index contributed by atoms with van der Waals surface area (Å²) in [6, 6.07) is 10.6. The van der Waals surface area contributed by atoms with Crippen LogP contribution in [-0.2, 0) is 11.3 Å². The highest BCUT2D eigenvalue weighted by Crippen LogP contribution is 2.41. The van der Waals surface area contributed by atoms with Crippen molar-refractivity contribution in [3.05, 3.63) is 47.6 Å². The predicted molar refractivity (Wildman–Crippen MR) is 90.4 cm³/mol. The lowest BCUT2D eigenvalue weighted by Crippen LogP contribution is -2.42. The van der Waals surface area contributed by atoms with Crippen LogP contribution in [0.25, 0.3) is 0 Å². The van der Waals surface area contributed by atoms with E-state index in [1.54, 1.807) is 0 Å². The zero-order valence-electron chi connectivity index (χ0n) is 14.4. The van der Waals surface area contributed by atoms with E-state index in [0.717, 1.165) is 31.4 Å². The van der Waals surface area contributed by atoms with E-state index in [1.807, 2.05) is 0 Å². The largest absolute Gasteiger partial charge is 0.364 e. The Morgan fingerprint density at radius 3 is 2.75 bits per heavy atom. The molecular formula is C19H25N3O2. The van der Waals surface area contributed by atoms with Crippen molar-refractivity contribution in [2.75, 3.05) is 13.1 Å². The molecule has 1 aliphatic heterocycles. The molecule has 1 unspecified atom stereocenters. The second kappa shape index (κ2) is 6.65. The van der Waals surface area contributed by atoms with E-state index in [9.17, 15) is 0 Å². The summed E-state index contributed by atoms with van der Waals surface area (Å²) >= 11 is 0. The van der Waals surface area contributed by atoms with Crippen molar-refractivity contribution < 1.29 is 9.26 Å². The third kappa shape index (κ3) is 3.52. The van der Waals surface area contributed by atoms with Crippen LogP contribution in [0, 0.1) is 5.92 Å². The van der Waals surface area contributed by atoms with Gasteiger partial charge in [0.25, 0.3) is 0 Å². The fraction of sp³-hybridized carbons (Fsp3) is 0.579. The molecule has 4 rings (SSSR count). The molecular weight excluding hydrogens is 302 g/mol. The van der Waals surface area contributed by atoms with Gasteiger partial charge >= 0.3 is 0 Å². The van der Waals surface area contributed by atoms with Crippen molar-refractivity contribution in [2.24, 2.45) is 5.92 Å². The summed E-state index contributed by atoms with van der Waals surface area (Å²) in [5, 5.41) is 4.21. The second-order valence-electron chi connectivity index (χ2n) is 7.23. The topological polar surface area (TPSA) is 51.4 Å². The summed E-state index contributed by atoms with van der Waals surface area (Å²) < 4.78 is 11.6. The zero-order valence-corrected chi connectivity index (χ0v) is 14.4. The van der Waals surface area contributed by atoms with Crippen molar-refractivity contribution in [1.29, 1.82) is 0 Å². The van der Waals surface area contributed by atoms with Crippen LogP contribution in [0.15, 0.2) is 34.9 Å². The third-order valence-corrected chi connectivity index (χ3v) is 5.05. The predicted octanol–water partition coefficient (Wildman–Crippen LogP) is 3.55. The first-order chi connectivity index (χ1) is 11.7. The van der Waals surface area contributed by atoms with Gasteiger partial charge in [-0.05, 0) is 31.2 Å². The molecule has 0 bridgehead atoms. The fourth-order valence-corrected chi connectivity index (χ4v) is 3.51. The molecule has 3 atom stereocenters. The molecule has 2 aromatic rings. The van der Waals surface area contributed by atoms with E-state index in [-0.39, 0.29) is 12.2 Å². The summed E-state index contributed by atoms with van der Waals surface area (Å²) in [4.78, 5) is 7.05. The Hall–Kier alpha value is -1.72. The van der Waals surface area contributed by atoms with Crippen molar-refractivity contribution >= 4 is 0 Å². The summed E-state index contributed by atoms with van der Waals surface area (Å²) in [5.74, 6) is 2.55. The van der Waals surface area contributed by atoms with E-state index < -0.39 is 0 Å². The zero-order chi connectivity index (χ0) is 16.5. The Bertz CT molecular complexity index is 668. The molecule has 1 saturated carbocycles. The van der Waals surface area contributed by atoms with Crippen molar-refractivity contribution in [1.82, 2.24) is 15.0 Å². The van der Waals surface area contributed by atoms with Gasteiger partial charge in [-0.3, -0.25) is 4.90 Å². The van der Waals surface area contributed by atoms with E-state index in [2.05, 4.69) is 59.2 Å². The van der Waals surface area contributed by atoms with Crippen LogP contribution in [0.5, 0.6) is 0 Å². The van der Waals surface area contributed by atoms with Gasteiger partial charge in [-0.1, -0.05) is 42.4 Å². The average molecular weight is 327 g/mol. The van der Waals surface area contributed by atoms with Crippen LogP contribution in [0.1, 0.15) is 56.0 Å². The Morgan fingerprint density at radius 2 is 2.00 bits per heavy atom. The highest BCUT2D eigenvalue weighted by atomic mass is 16.5. The normalized spacial score (nSPS) is 26.4. The number of ether oxygens (including phenoxy) is 1. The Kier molecular flexibility index (Phi) is 4.37. The van der Waals surface area contributed by atoms with Gasteiger partial charge in [0.1, 0.15) is 6.10 Å². The minimum Gasteiger partial charge on any atom is -0.364 e. The lowest BCUT2D eigenvalue weighted by atomic mass is 10.1. The molecule has 5 nitrogen and oxygen atoms in total. The fourth-order valence-electron chi connectivity index (χ4n) is 3.51. The maximum Gasteiger partial charge on any atom is 0.229 e. The highest BCUT2D eigenvalue weighted by Gasteiger charge is 2.35. The molecule has 128 valence electrons. The SMILES string of the molecule is CC(c1nc([C@@H]2CN(Cc3ccccc3)C[C@H](C)O2)no1)C1CC1. The molecule has 0 radical (unpaired) electrons. The van der Waals surface area contributed by atoms with Crippen LogP contribution in [0.3, 0.4) is 0 Å². The van der Waals surface area contributed by atoms with Gasteiger partial charge in [-0.15, -0.1) is 0 Å². The number of hydrogen-bond donors (Lipinski definition) is 0. The number of hydrogen-bond acceptors (Lipinski definition) is 5. The van der Waals surface area contributed by atoms with Crippen LogP contribution < -0.4 is 0 Å². The molecule has 24 heavy (non-hydrogen) atoms. The number of rotatable bonds is 5. The summed E-state index contributed by atoms with van der Waals surface area (Å²) in [6.07, 6.45) is 2.61. The van der Waals surface area contributed by atoms with Crippen molar-refractivity contribution in [3.63, 3.8) is 0 Å². The second-order valence-corrected chi connectivity index (χ2v) is 7.23. The quantitative estimate of drug-likeness (QED) is 0.840. The Morgan fingerprint density at radius 1 is 1.21 bits per heavy atom. The van der Waals surface area contributed by atoms with Gasteiger partial charge in [-0.2, -0.15) is 4.98 Å². The first-order valence-electron chi connectivity index (χ1n) is 8.94. The van der Waals surface area contributed by atoms with Gasteiger partial charge in [0.15, 0.2) is 0 Å². The first-order valence-corrected chi connectivity index (χ1v) is 8.94. The van der Waals surface area contributed by atoms with Gasteiger partial charge in [0.05, 0.1) is 6.10 Å². The molecule has 5 heteroatoms. The maximum absolute atomic E-state index is 6.08. The molecule has 1 aromatic heterocycles. The molecule has 2 fully saturated rings. The van der Waals surface area contributed by atoms with Crippen LogP contribution >= 0.6 is 0 Å². The number of aromatic nitrogens is 2. The molecule has 2 aliphatic rings. The molecule has 0 N–H and O–H groups in total. The molecule has 1 aromatic carbocycles. The maximum atomic E-state index is 6.08. The lowest BCUT2D eigenvalue weighted by molar-refractivity contribution is -0.0856. The van der Waals surface area contributed by atoms with Crippen molar-refractivity contribution in [2.45, 2.75) is 51.4 Å². The Labute approximate surface area is 143 Å². The molecule has 1 aliphatic carbocycles. The molecule has 2 heterocycles. The van der Waals surface area contributed by atoms with Gasteiger partial charge in [0, 0.05) is 25.6 Å². The Balaban J connectivity index is 1.44. The van der Waals surface area contributed by atoms with Crippen LogP contribution in [-0.4, -0.2) is 34.2 Å². The molecule has 1 saturated heterocycles. The number of benzene rings is 1. The summed E-state index contributed by atoms with van der Waals surface area (Å²) in [6.45, 7) is 6.94. The smallest absolute Gasteiger partial charge is 0.229 e. The van der Waals surface area contributed by atoms with E-state index in [1.165, 1.54) is 18.4 Å². The first kappa shape index (κ1) is 15.8. The van der Waals surface area contributed by atoms with Crippen molar-refractivity contribution in [3.8, 4) is 0 Å². The van der Waals surface area contributed by atoms with Crippen LogP contribution in [0.2, 0.25) is 0 Å². The van der Waals surface area contributed by atoms with Gasteiger partial charge in [-0.25, -0.2) is 0 Å². The van der Waals surface area contributed by atoms with E-state index in [0.29, 0.717) is 11.7 Å². The standard InChI is InChI=1S/C19H25N3O2/c1-13-10-22(11-15-6-4-3-5-7-15)12-17(23-13)18-20-19(24-21-18)14(2)16-8-9-16/h3-7,13-14,16-17H,8-12H2,1-2H3/t13-,14?,17-/m0/s1. The monoisotopic (exact) mass is 327 g/mol. The number of morpholine rings is 1. The van der Waals surface area contributed by atoms with Gasteiger partial charge in [0.2, 0.25) is 11.7 Å². The third-order valence-electron chi connectivity index (χ3n) is 5.05. The molecule has 0 amide bonds. The summed E-state index contributed by atoms with van der Waals surface area (Å²) in [5.41, 5.74) is 1.32. The average Bonchev–Trinajstić information content (AvgIpc) is 3.31. The summed E-state index contributed by atoms with van der Waals surface area (Å²) in [7, 11) is 0. The number of nitrogens with zero attached hydrogens (tertiary/aromatic N) is 3. The minimum absolute atomic E-state index is 0.110. The lowest BCUT2D eigenvalue weighted by Gasteiger charge is -2.35. The minimum atomic E-state index is -0.110. The van der Waals surface area contributed by atoms with E-state index in [4.69, 9.17) is 9.26 Å². The van der Waals surface area contributed by atoms with Crippen LogP contribution in [0.4, 0.5) is 0 Å². The molecule has 0 spiro atoms. The van der Waals surface area contributed by atoms with Gasteiger partial charge < -0.3 is 9.26 Å². The highest BCUT2D eigenvalue weighted by molar-refractivity contribution is 5.14. The van der Waals surface area contributed by atoms with E-state index >= 15 is 0 Å².